The molecule has 1 aliphatic rings. The number of rotatable bonds is 8. The van der Waals surface area contributed by atoms with Crippen LogP contribution in [0.5, 0.6) is 0 Å². The molecule has 1 aromatic rings. The van der Waals surface area contributed by atoms with E-state index in [1.54, 1.807) is 0 Å². The minimum Gasteiger partial charge on any atom is -0.364 e. The number of hydrogen-bond donors (Lipinski definition) is 1. The summed E-state index contributed by atoms with van der Waals surface area (Å²) in [5, 5.41) is 3.53. The Morgan fingerprint density at radius 2 is 2.06 bits per heavy atom. The standard InChI is InChI=1S/C15H21N3/c1-3-9-18(10-4-2)15-7-8-16-11-13(15)12-17-14-5-6-14/h3-4,7-8,11,14,17H,1-2,5-6,9-10,12H2. The summed E-state index contributed by atoms with van der Waals surface area (Å²) in [5.41, 5.74) is 2.46. The number of nitrogens with one attached hydrogen (secondary N) is 1. The average molecular weight is 243 g/mol. The molecule has 0 aliphatic heterocycles. The minimum atomic E-state index is 0.713. The van der Waals surface area contributed by atoms with Crippen LogP contribution in [0.15, 0.2) is 43.8 Å². The van der Waals surface area contributed by atoms with Crippen molar-refractivity contribution in [3.63, 3.8) is 0 Å². The zero-order valence-corrected chi connectivity index (χ0v) is 10.8. The molecule has 96 valence electrons. The highest BCUT2D eigenvalue weighted by atomic mass is 15.1. The van der Waals surface area contributed by atoms with E-state index in [1.165, 1.54) is 24.1 Å². The van der Waals surface area contributed by atoms with E-state index in [-0.39, 0.29) is 0 Å². The first-order chi connectivity index (χ1) is 8.85. The van der Waals surface area contributed by atoms with Gasteiger partial charge in [0.1, 0.15) is 0 Å². The molecule has 1 N–H and O–H groups in total. The lowest BCUT2D eigenvalue weighted by Crippen LogP contribution is -2.26. The van der Waals surface area contributed by atoms with Gasteiger partial charge in [-0.05, 0) is 18.9 Å². The summed E-state index contributed by atoms with van der Waals surface area (Å²) in [7, 11) is 0. The SMILES string of the molecule is C=CCN(CC=C)c1ccncc1CNC1CC1. The first-order valence-electron chi connectivity index (χ1n) is 6.48. The minimum absolute atomic E-state index is 0.713. The maximum Gasteiger partial charge on any atom is 0.0448 e. The molecule has 0 unspecified atom stereocenters. The van der Waals surface area contributed by atoms with E-state index in [2.05, 4.69) is 34.4 Å². The van der Waals surface area contributed by atoms with Gasteiger partial charge in [0.2, 0.25) is 0 Å². The Morgan fingerprint density at radius 1 is 1.33 bits per heavy atom. The van der Waals surface area contributed by atoms with E-state index in [0.717, 1.165) is 19.6 Å². The molecule has 1 heterocycles. The second-order valence-corrected chi connectivity index (χ2v) is 4.64. The highest BCUT2D eigenvalue weighted by Crippen LogP contribution is 2.23. The molecule has 0 atom stereocenters. The second-order valence-electron chi connectivity index (χ2n) is 4.64. The van der Waals surface area contributed by atoms with Gasteiger partial charge in [0, 0.05) is 49.3 Å². The van der Waals surface area contributed by atoms with E-state index >= 15 is 0 Å². The summed E-state index contributed by atoms with van der Waals surface area (Å²) in [5.74, 6) is 0. The van der Waals surface area contributed by atoms with Crippen LogP contribution in [0.4, 0.5) is 5.69 Å². The molecular formula is C15H21N3. The van der Waals surface area contributed by atoms with Gasteiger partial charge in [-0.25, -0.2) is 0 Å². The maximum atomic E-state index is 4.23. The van der Waals surface area contributed by atoms with E-state index in [1.807, 2.05) is 24.5 Å². The molecular weight excluding hydrogens is 222 g/mol. The largest absolute Gasteiger partial charge is 0.364 e. The fourth-order valence-corrected chi connectivity index (χ4v) is 1.99. The van der Waals surface area contributed by atoms with Gasteiger partial charge in [0.25, 0.3) is 0 Å². The highest BCUT2D eigenvalue weighted by Gasteiger charge is 2.20. The van der Waals surface area contributed by atoms with Gasteiger partial charge >= 0.3 is 0 Å². The Morgan fingerprint density at radius 3 is 2.67 bits per heavy atom. The second kappa shape index (κ2) is 6.36. The summed E-state index contributed by atoms with van der Waals surface area (Å²) in [6.07, 6.45) is 10.2. The first kappa shape index (κ1) is 12.8. The lowest BCUT2D eigenvalue weighted by atomic mass is 10.2. The molecule has 0 saturated heterocycles. The summed E-state index contributed by atoms with van der Waals surface area (Å²) in [4.78, 5) is 6.48. The number of anilines is 1. The summed E-state index contributed by atoms with van der Waals surface area (Å²) >= 11 is 0. The molecule has 2 rings (SSSR count). The number of hydrogen-bond acceptors (Lipinski definition) is 3. The Balaban J connectivity index is 2.11. The van der Waals surface area contributed by atoms with Crippen molar-refractivity contribution in [1.82, 2.24) is 10.3 Å². The number of aromatic nitrogens is 1. The van der Waals surface area contributed by atoms with Crippen LogP contribution in [0, 0.1) is 0 Å². The molecule has 0 radical (unpaired) electrons. The third kappa shape index (κ3) is 3.44. The molecule has 1 fully saturated rings. The topological polar surface area (TPSA) is 28.2 Å². The summed E-state index contributed by atoms with van der Waals surface area (Å²) < 4.78 is 0. The van der Waals surface area contributed by atoms with Crippen molar-refractivity contribution >= 4 is 5.69 Å². The predicted molar refractivity (Wildman–Crippen MR) is 76.7 cm³/mol. The predicted octanol–water partition coefficient (Wildman–Crippen LogP) is 2.51. The maximum absolute atomic E-state index is 4.23. The van der Waals surface area contributed by atoms with Crippen LogP contribution < -0.4 is 10.2 Å². The van der Waals surface area contributed by atoms with Crippen LogP contribution in [0.3, 0.4) is 0 Å². The van der Waals surface area contributed by atoms with E-state index in [9.17, 15) is 0 Å². The van der Waals surface area contributed by atoms with Crippen LogP contribution in [-0.2, 0) is 6.54 Å². The quantitative estimate of drug-likeness (QED) is 0.711. The molecule has 3 nitrogen and oxygen atoms in total. The van der Waals surface area contributed by atoms with Crippen LogP contribution in [0.25, 0.3) is 0 Å². The molecule has 1 aliphatic carbocycles. The van der Waals surface area contributed by atoms with Crippen molar-refractivity contribution in [2.45, 2.75) is 25.4 Å². The highest BCUT2D eigenvalue weighted by molar-refractivity contribution is 5.53. The first-order valence-corrected chi connectivity index (χ1v) is 6.48. The summed E-state index contributed by atoms with van der Waals surface area (Å²) in [6, 6.07) is 2.78. The van der Waals surface area contributed by atoms with Crippen molar-refractivity contribution in [3.05, 3.63) is 49.3 Å². The number of pyridine rings is 1. The van der Waals surface area contributed by atoms with Gasteiger partial charge in [-0.1, -0.05) is 12.2 Å². The molecule has 1 saturated carbocycles. The van der Waals surface area contributed by atoms with Crippen molar-refractivity contribution in [2.24, 2.45) is 0 Å². The van der Waals surface area contributed by atoms with E-state index in [0.29, 0.717) is 6.04 Å². The van der Waals surface area contributed by atoms with Crippen LogP contribution >= 0.6 is 0 Å². The molecule has 3 heteroatoms. The van der Waals surface area contributed by atoms with Crippen LogP contribution in [0.1, 0.15) is 18.4 Å². The molecule has 18 heavy (non-hydrogen) atoms. The zero-order valence-electron chi connectivity index (χ0n) is 10.8. The smallest absolute Gasteiger partial charge is 0.0448 e. The van der Waals surface area contributed by atoms with Gasteiger partial charge < -0.3 is 10.2 Å². The number of nitrogens with zero attached hydrogens (tertiary/aromatic N) is 2. The van der Waals surface area contributed by atoms with Crippen molar-refractivity contribution in [1.29, 1.82) is 0 Å². The van der Waals surface area contributed by atoms with Gasteiger partial charge in [-0.3, -0.25) is 4.98 Å². The molecule has 0 bridgehead atoms. The van der Waals surface area contributed by atoms with E-state index in [4.69, 9.17) is 0 Å². The van der Waals surface area contributed by atoms with Crippen molar-refractivity contribution in [2.75, 3.05) is 18.0 Å². The van der Waals surface area contributed by atoms with Gasteiger partial charge in [-0.15, -0.1) is 13.2 Å². The fraction of sp³-hybridized carbons (Fsp3) is 0.400. The van der Waals surface area contributed by atoms with Gasteiger partial charge in [-0.2, -0.15) is 0 Å². The van der Waals surface area contributed by atoms with Crippen LogP contribution in [0.2, 0.25) is 0 Å². The average Bonchev–Trinajstić information content (AvgIpc) is 3.21. The van der Waals surface area contributed by atoms with Crippen molar-refractivity contribution < 1.29 is 0 Å². The fourth-order valence-electron chi connectivity index (χ4n) is 1.99. The van der Waals surface area contributed by atoms with Gasteiger partial charge in [0.15, 0.2) is 0 Å². The third-order valence-corrected chi connectivity index (χ3v) is 3.08. The summed E-state index contributed by atoms with van der Waals surface area (Å²) in [6.45, 7) is 10.2. The van der Waals surface area contributed by atoms with E-state index < -0.39 is 0 Å². The molecule has 0 aromatic carbocycles. The lowest BCUT2D eigenvalue weighted by Gasteiger charge is -2.24. The molecule has 0 amide bonds. The Bertz CT molecular complexity index is 400. The molecule has 1 aromatic heterocycles. The van der Waals surface area contributed by atoms with Crippen molar-refractivity contribution in [3.8, 4) is 0 Å². The third-order valence-electron chi connectivity index (χ3n) is 3.08. The Labute approximate surface area is 109 Å². The van der Waals surface area contributed by atoms with Gasteiger partial charge in [0.05, 0.1) is 0 Å². The molecule has 0 spiro atoms. The Hall–Kier alpha value is -1.61. The normalized spacial score (nSPS) is 14.2. The monoisotopic (exact) mass is 243 g/mol. The zero-order chi connectivity index (χ0) is 12.8. The lowest BCUT2D eigenvalue weighted by molar-refractivity contribution is 0.684. The Kier molecular flexibility index (Phi) is 4.53. The van der Waals surface area contributed by atoms with Crippen LogP contribution in [-0.4, -0.2) is 24.1 Å².